The van der Waals surface area contributed by atoms with Crippen LogP contribution in [0, 0.1) is 6.92 Å². The first-order valence-corrected chi connectivity index (χ1v) is 9.43. The molecule has 1 aromatic heterocycles. The summed E-state index contributed by atoms with van der Waals surface area (Å²) in [7, 11) is -2.90. The van der Waals surface area contributed by atoms with Crippen LogP contribution in [0.4, 0.5) is 11.8 Å². The SMILES string of the molecule is Cc1cc(NC2CCS(=O)(=O)C2)nc(NCc2ccccc2)n1. The van der Waals surface area contributed by atoms with Crippen molar-refractivity contribution in [2.24, 2.45) is 0 Å². The number of benzene rings is 1. The molecule has 1 aromatic carbocycles. The van der Waals surface area contributed by atoms with Gasteiger partial charge in [-0.25, -0.2) is 13.4 Å². The summed E-state index contributed by atoms with van der Waals surface area (Å²) < 4.78 is 23.1. The Balaban J connectivity index is 1.67. The zero-order chi connectivity index (χ0) is 16.3. The average molecular weight is 332 g/mol. The van der Waals surface area contributed by atoms with Crippen molar-refractivity contribution in [2.45, 2.75) is 25.9 Å². The minimum Gasteiger partial charge on any atom is -0.366 e. The maximum absolute atomic E-state index is 11.5. The van der Waals surface area contributed by atoms with Crippen LogP contribution >= 0.6 is 0 Å². The van der Waals surface area contributed by atoms with Gasteiger partial charge in [0.15, 0.2) is 9.84 Å². The van der Waals surface area contributed by atoms with E-state index in [4.69, 9.17) is 0 Å². The molecule has 2 N–H and O–H groups in total. The molecule has 1 unspecified atom stereocenters. The zero-order valence-corrected chi connectivity index (χ0v) is 13.8. The largest absolute Gasteiger partial charge is 0.366 e. The molecule has 6 nitrogen and oxygen atoms in total. The summed E-state index contributed by atoms with van der Waals surface area (Å²) in [4.78, 5) is 8.80. The van der Waals surface area contributed by atoms with Gasteiger partial charge in [0.1, 0.15) is 5.82 Å². The molecule has 1 fully saturated rings. The Morgan fingerprint density at radius 1 is 1.22 bits per heavy atom. The summed E-state index contributed by atoms with van der Waals surface area (Å²) in [5.41, 5.74) is 1.98. The molecule has 2 aromatic rings. The van der Waals surface area contributed by atoms with E-state index < -0.39 is 9.84 Å². The standard InChI is InChI=1S/C16H20N4O2S/c1-12-9-15(19-14-7-8-23(21,22)11-14)20-16(18-12)17-10-13-5-3-2-4-6-13/h2-6,9,14H,7-8,10-11H2,1H3,(H2,17,18,19,20). The number of nitrogens with one attached hydrogen (secondary N) is 2. The first-order valence-electron chi connectivity index (χ1n) is 7.61. The Morgan fingerprint density at radius 3 is 2.70 bits per heavy atom. The predicted octanol–water partition coefficient (Wildman–Crippen LogP) is 2.00. The van der Waals surface area contributed by atoms with Gasteiger partial charge in [-0.2, -0.15) is 4.98 Å². The Kier molecular flexibility index (Phi) is 4.47. The van der Waals surface area contributed by atoms with Crippen molar-refractivity contribution in [1.29, 1.82) is 0 Å². The number of anilines is 2. The maximum atomic E-state index is 11.5. The molecule has 0 bridgehead atoms. The van der Waals surface area contributed by atoms with Gasteiger partial charge in [-0.05, 0) is 18.9 Å². The van der Waals surface area contributed by atoms with E-state index >= 15 is 0 Å². The molecule has 0 aliphatic carbocycles. The highest BCUT2D eigenvalue weighted by atomic mass is 32.2. The van der Waals surface area contributed by atoms with Crippen molar-refractivity contribution in [1.82, 2.24) is 9.97 Å². The van der Waals surface area contributed by atoms with Crippen LogP contribution in [0.15, 0.2) is 36.4 Å². The Bertz CT molecular complexity index is 778. The molecule has 122 valence electrons. The van der Waals surface area contributed by atoms with Crippen molar-refractivity contribution >= 4 is 21.6 Å². The summed E-state index contributed by atoms with van der Waals surface area (Å²) in [6.45, 7) is 2.54. The second-order valence-electron chi connectivity index (χ2n) is 5.80. The lowest BCUT2D eigenvalue weighted by Gasteiger charge is -2.13. The number of aryl methyl sites for hydroxylation is 1. The van der Waals surface area contributed by atoms with Gasteiger partial charge in [-0.3, -0.25) is 0 Å². The highest BCUT2D eigenvalue weighted by Crippen LogP contribution is 2.18. The topological polar surface area (TPSA) is 84.0 Å². The van der Waals surface area contributed by atoms with E-state index in [0.717, 1.165) is 11.3 Å². The molecule has 23 heavy (non-hydrogen) atoms. The molecule has 0 amide bonds. The summed E-state index contributed by atoms with van der Waals surface area (Å²) in [6, 6.07) is 11.8. The third-order valence-corrected chi connectivity index (χ3v) is 5.50. The zero-order valence-electron chi connectivity index (χ0n) is 13.0. The van der Waals surface area contributed by atoms with Crippen molar-refractivity contribution in [3.63, 3.8) is 0 Å². The minimum atomic E-state index is -2.90. The highest BCUT2D eigenvalue weighted by Gasteiger charge is 2.28. The number of aromatic nitrogens is 2. The number of hydrogen-bond donors (Lipinski definition) is 2. The normalized spacial score (nSPS) is 19.4. The molecule has 0 spiro atoms. The Labute approximate surface area is 136 Å². The van der Waals surface area contributed by atoms with Crippen LogP contribution < -0.4 is 10.6 Å². The van der Waals surface area contributed by atoms with Crippen LogP contribution in [0.3, 0.4) is 0 Å². The van der Waals surface area contributed by atoms with E-state index in [1.54, 1.807) is 0 Å². The lowest BCUT2D eigenvalue weighted by atomic mass is 10.2. The van der Waals surface area contributed by atoms with Gasteiger partial charge >= 0.3 is 0 Å². The van der Waals surface area contributed by atoms with Crippen LogP contribution in [0.5, 0.6) is 0 Å². The quantitative estimate of drug-likeness (QED) is 0.871. The molecular weight excluding hydrogens is 312 g/mol. The van der Waals surface area contributed by atoms with Crippen LogP contribution in [0.2, 0.25) is 0 Å². The van der Waals surface area contributed by atoms with Gasteiger partial charge in [0.25, 0.3) is 0 Å². The molecule has 1 atom stereocenters. The fourth-order valence-corrected chi connectivity index (χ4v) is 4.29. The minimum absolute atomic E-state index is 0.0729. The second kappa shape index (κ2) is 6.54. The van der Waals surface area contributed by atoms with E-state index in [2.05, 4.69) is 20.6 Å². The van der Waals surface area contributed by atoms with Gasteiger partial charge < -0.3 is 10.6 Å². The van der Waals surface area contributed by atoms with E-state index in [0.29, 0.717) is 24.7 Å². The molecule has 3 rings (SSSR count). The molecule has 0 radical (unpaired) electrons. The smallest absolute Gasteiger partial charge is 0.225 e. The lowest BCUT2D eigenvalue weighted by Crippen LogP contribution is -2.21. The lowest BCUT2D eigenvalue weighted by molar-refractivity contribution is 0.602. The van der Waals surface area contributed by atoms with Crippen molar-refractivity contribution in [3.8, 4) is 0 Å². The molecule has 1 aliphatic rings. The molecule has 1 saturated heterocycles. The number of rotatable bonds is 5. The van der Waals surface area contributed by atoms with Crippen LogP contribution in [0.25, 0.3) is 0 Å². The Morgan fingerprint density at radius 2 is 2.00 bits per heavy atom. The van der Waals surface area contributed by atoms with Crippen LogP contribution in [-0.4, -0.2) is 35.9 Å². The second-order valence-corrected chi connectivity index (χ2v) is 8.03. The number of nitrogens with zero attached hydrogens (tertiary/aromatic N) is 2. The predicted molar refractivity (Wildman–Crippen MR) is 91.2 cm³/mol. The third kappa shape index (κ3) is 4.41. The molecule has 7 heteroatoms. The van der Waals surface area contributed by atoms with Crippen LogP contribution in [0.1, 0.15) is 17.7 Å². The number of sulfone groups is 1. The maximum Gasteiger partial charge on any atom is 0.225 e. The third-order valence-electron chi connectivity index (χ3n) is 3.73. The van der Waals surface area contributed by atoms with Crippen molar-refractivity contribution in [2.75, 3.05) is 22.1 Å². The molecule has 1 aliphatic heterocycles. The highest BCUT2D eigenvalue weighted by molar-refractivity contribution is 7.91. The summed E-state index contributed by atoms with van der Waals surface area (Å²) >= 11 is 0. The summed E-state index contributed by atoms with van der Waals surface area (Å²) in [6.07, 6.45) is 0.623. The van der Waals surface area contributed by atoms with Gasteiger partial charge in [-0.1, -0.05) is 30.3 Å². The van der Waals surface area contributed by atoms with Crippen molar-refractivity contribution in [3.05, 3.63) is 47.7 Å². The van der Waals surface area contributed by atoms with E-state index in [1.807, 2.05) is 43.3 Å². The van der Waals surface area contributed by atoms with Gasteiger partial charge in [0.2, 0.25) is 5.95 Å². The summed E-state index contributed by atoms with van der Waals surface area (Å²) in [5, 5.41) is 6.41. The molecular formula is C16H20N4O2S. The van der Waals surface area contributed by atoms with Crippen LogP contribution in [-0.2, 0) is 16.4 Å². The fourth-order valence-electron chi connectivity index (χ4n) is 2.62. The Hall–Kier alpha value is -2.15. The summed E-state index contributed by atoms with van der Waals surface area (Å²) in [5.74, 6) is 1.61. The average Bonchev–Trinajstić information content (AvgIpc) is 2.84. The van der Waals surface area contributed by atoms with E-state index in [9.17, 15) is 8.42 Å². The first-order chi connectivity index (χ1) is 11.0. The van der Waals surface area contributed by atoms with Gasteiger partial charge in [0, 0.05) is 24.3 Å². The van der Waals surface area contributed by atoms with Gasteiger partial charge in [-0.15, -0.1) is 0 Å². The van der Waals surface area contributed by atoms with Crippen molar-refractivity contribution < 1.29 is 8.42 Å². The van der Waals surface area contributed by atoms with E-state index in [-0.39, 0.29) is 17.5 Å². The van der Waals surface area contributed by atoms with E-state index in [1.165, 1.54) is 0 Å². The molecule has 2 heterocycles. The van der Waals surface area contributed by atoms with Gasteiger partial charge in [0.05, 0.1) is 11.5 Å². The molecule has 0 saturated carbocycles. The fraction of sp³-hybridized carbons (Fsp3) is 0.375. The monoisotopic (exact) mass is 332 g/mol. The number of hydrogen-bond acceptors (Lipinski definition) is 6. The first kappa shape index (κ1) is 15.7.